The summed E-state index contributed by atoms with van der Waals surface area (Å²) in [7, 11) is 0. The number of aromatic nitrogens is 1. The van der Waals surface area contributed by atoms with Gasteiger partial charge in [-0.2, -0.15) is 0 Å². The fraction of sp³-hybridized carbons (Fsp3) is 0.500. The Labute approximate surface area is 150 Å². The van der Waals surface area contributed by atoms with Gasteiger partial charge in [-0.05, 0) is 49.9 Å². The molecule has 0 aromatic carbocycles. The van der Waals surface area contributed by atoms with Crippen molar-refractivity contribution < 1.29 is 9.13 Å². The van der Waals surface area contributed by atoms with E-state index in [0.717, 1.165) is 36.8 Å². The molecule has 24 heavy (non-hydrogen) atoms. The first kappa shape index (κ1) is 16.5. The number of rotatable bonds is 2. The number of ether oxygens (including phenoxy) is 1. The average Bonchev–Trinajstić information content (AvgIpc) is 2.94. The minimum atomic E-state index is -0.230. The molecular weight excluding hydrogens is 347 g/mol. The van der Waals surface area contributed by atoms with E-state index in [-0.39, 0.29) is 11.4 Å². The monoisotopic (exact) mass is 366 g/mol. The normalized spacial score (nSPS) is 27.4. The van der Waals surface area contributed by atoms with Gasteiger partial charge in [0.15, 0.2) is 0 Å². The maximum absolute atomic E-state index is 13.9. The molecule has 1 fully saturated rings. The summed E-state index contributed by atoms with van der Waals surface area (Å²) in [6.07, 6.45) is 4.41. The third-order valence-electron chi connectivity index (χ3n) is 5.18. The van der Waals surface area contributed by atoms with Gasteiger partial charge in [0, 0.05) is 30.2 Å². The molecule has 0 radical (unpaired) electrons. The zero-order valence-corrected chi connectivity index (χ0v) is 15.2. The Hall–Kier alpha value is -1.01. The maximum Gasteiger partial charge on any atom is 0.146 e. The molecule has 6 heteroatoms. The molecule has 128 valence electrons. The number of piperidine rings is 1. The molecule has 2 aliphatic rings. The first-order valence-corrected chi connectivity index (χ1v) is 9.53. The van der Waals surface area contributed by atoms with E-state index in [4.69, 9.17) is 16.3 Å². The smallest absolute Gasteiger partial charge is 0.146 e. The Morgan fingerprint density at radius 2 is 2.42 bits per heavy atom. The topological polar surface area (TPSA) is 25.4 Å². The average molecular weight is 367 g/mol. The number of fused-ring (bicyclic) bond motifs is 2. The van der Waals surface area contributed by atoms with Crippen molar-refractivity contribution in [2.24, 2.45) is 0 Å². The molecule has 2 aromatic heterocycles. The Morgan fingerprint density at radius 1 is 1.54 bits per heavy atom. The molecule has 2 atom stereocenters. The molecule has 2 aromatic rings. The lowest BCUT2D eigenvalue weighted by atomic mass is 9.82. The van der Waals surface area contributed by atoms with Crippen LogP contribution in [0.4, 0.5) is 4.39 Å². The van der Waals surface area contributed by atoms with Gasteiger partial charge in [0.25, 0.3) is 0 Å². The quantitative estimate of drug-likeness (QED) is 0.788. The van der Waals surface area contributed by atoms with E-state index in [1.165, 1.54) is 16.5 Å². The zero-order valence-electron chi connectivity index (χ0n) is 13.6. The van der Waals surface area contributed by atoms with E-state index < -0.39 is 0 Å². The number of likely N-dealkylation sites (tertiary alicyclic amines) is 1. The molecule has 0 aliphatic carbocycles. The number of pyridine rings is 1. The van der Waals surface area contributed by atoms with Crippen LogP contribution < -0.4 is 0 Å². The third-order valence-corrected chi connectivity index (χ3v) is 6.67. The van der Waals surface area contributed by atoms with E-state index >= 15 is 0 Å². The Morgan fingerprint density at radius 3 is 3.21 bits per heavy atom. The molecule has 4 rings (SSSR count). The van der Waals surface area contributed by atoms with Crippen molar-refractivity contribution in [2.75, 3.05) is 13.2 Å². The van der Waals surface area contributed by atoms with Gasteiger partial charge >= 0.3 is 0 Å². The first-order chi connectivity index (χ1) is 11.6. The van der Waals surface area contributed by atoms with Crippen LogP contribution in [0.1, 0.15) is 35.9 Å². The van der Waals surface area contributed by atoms with Crippen molar-refractivity contribution in [1.82, 2.24) is 9.88 Å². The summed E-state index contributed by atoms with van der Waals surface area (Å²) in [5, 5.41) is 0. The maximum atomic E-state index is 13.9. The van der Waals surface area contributed by atoms with E-state index in [2.05, 4.69) is 22.9 Å². The predicted molar refractivity (Wildman–Crippen MR) is 94.0 cm³/mol. The molecule has 0 N–H and O–H groups in total. The Balaban J connectivity index is 1.54. The van der Waals surface area contributed by atoms with E-state index in [9.17, 15) is 4.39 Å². The fourth-order valence-electron chi connectivity index (χ4n) is 3.94. The second-order valence-electron chi connectivity index (χ2n) is 6.70. The van der Waals surface area contributed by atoms with Gasteiger partial charge in [-0.3, -0.25) is 9.88 Å². The van der Waals surface area contributed by atoms with Crippen molar-refractivity contribution in [3.8, 4) is 0 Å². The molecule has 3 nitrogen and oxygen atoms in total. The third kappa shape index (κ3) is 2.88. The van der Waals surface area contributed by atoms with Gasteiger partial charge < -0.3 is 4.74 Å². The van der Waals surface area contributed by atoms with Crippen LogP contribution in [-0.2, 0) is 23.3 Å². The first-order valence-electron chi connectivity index (χ1n) is 8.33. The summed E-state index contributed by atoms with van der Waals surface area (Å²) >= 11 is 7.90. The van der Waals surface area contributed by atoms with Gasteiger partial charge in [0.2, 0.25) is 0 Å². The molecule has 1 saturated heterocycles. The minimum absolute atomic E-state index is 0.218. The second-order valence-corrected chi connectivity index (χ2v) is 8.39. The van der Waals surface area contributed by atoms with Gasteiger partial charge in [-0.15, -0.1) is 11.3 Å². The Kier molecular flexibility index (Phi) is 4.37. The molecule has 1 unspecified atom stereocenters. The van der Waals surface area contributed by atoms with Crippen LogP contribution in [0.15, 0.2) is 24.4 Å². The van der Waals surface area contributed by atoms with Gasteiger partial charge in [0.1, 0.15) is 11.4 Å². The predicted octanol–water partition coefficient (Wildman–Crippen LogP) is 4.39. The largest absolute Gasteiger partial charge is 0.369 e. The van der Waals surface area contributed by atoms with Crippen LogP contribution in [0.3, 0.4) is 0 Å². The summed E-state index contributed by atoms with van der Waals surface area (Å²) in [6.45, 7) is 4.35. The van der Waals surface area contributed by atoms with Crippen LogP contribution in [-0.4, -0.2) is 29.1 Å². The van der Waals surface area contributed by atoms with E-state index in [0.29, 0.717) is 18.3 Å². The highest BCUT2D eigenvalue weighted by atomic mass is 35.5. The lowest BCUT2D eigenvalue weighted by Crippen LogP contribution is -2.50. The van der Waals surface area contributed by atoms with Crippen molar-refractivity contribution in [2.45, 2.75) is 44.4 Å². The van der Waals surface area contributed by atoms with Gasteiger partial charge in [0.05, 0.1) is 16.6 Å². The summed E-state index contributed by atoms with van der Waals surface area (Å²) in [5.41, 5.74) is 1.64. The standard InChI is InChI=1S/C18H20ClFN2OS/c1-12-10-18(17-13(4-8-23-18)9-16(19)24-17)5-7-22(12)11-15-14(20)3-2-6-21-15/h2-3,6,9,12H,4-5,7-8,10-11H2,1H3/t12-,18?/m0/s1. The molecule has 4 heterocycles. The number of nitrogens with zero attached hydrogens (tertiary/aromatic N) is 2. The molecular formula is C18H20ClFN2OS. The molecule has 0 amide bonds. The molecule has 0 saturated carbocycles. The SMILES string of the molecule is C[C@H]1CC2(CCN1Cc1ncccc1F)OCCc1cc(Cl)sc12. The number of halogens is 2. The number of hydrogen-bond donors (Lipinski definition) is 0. The second kappa shape index (κ2) is 6.37. The number of thiophene rings is 1. The van der Waals surface area contributed by atoms with Crippen molar-refractivity contribution in [3.05, 3.63) is 50.7 Å². The van der Waals surface area contributed by atoms with Gasteiger partial charge in [-0.1, -0.05) is 11.6 Å². The van der Waals surface area contributed by atoms with E-state index in [1.807, 2.05) is 0 Å². The van der Waals surface area contributed by atoms with Crippen molar-refractivity contribution in [1.29, 1.82) is 0 Å². The highest BCUT2D eigenvalue weighted by Crippen LogP contribution is 2.48. The summed E-state index contributed by atoms with van der Waals surface area (Å²) in [5.74, 6) is -0.230. The van der Waals surface area contributed by atoms with Crippen LogP contribution in [0.5, 0.6) is 0 Å². The fourth-order valence-corrected chi connectivity index (χ4v) is 5.42. The molecule has 1 spiro atoms. The summed E-state index contributed by atoms with van der Waals surface area (Å²) in [4.78, 5) is 7.78. The van der Waals surface area contributed by atoms with Crippen LogP contribution in [0.25, 0.3) is 0 Å². The van der Waals surface area contributed by atoms with Crippen molar-refractivity contribution >= 4 is 22.9 Å². The van der Waals surface area contributed by atoms with Crippen LogP contribution in [0, 0.1) is 5.82 Å². The summed E-state index contributed by atoms with van der Waals surface area (Å²) in [6, 6.07) is 5.49. The van der Waals surface area contributed by atoms with Crippen LogP contribution in [0.2, 0.25) is 4.34 Å². The Bertz CT molecular complexity index is 752. The van der Waals surface area contributed by atoms with Gasteiger partial charge in [-0.25, -0.2) is 4.39 Å². The lowest BCUT2D eigenvalue weighted by molar-refractivity contribution is -0.110. The number of hydrogen-bond acceptors (Lipinski definition) is 4. The van der Waals surface area contributed by atoms with Crippen molar-refractivity contribution in [3.63, 3.8) is 0 Å². The van der Waals surface area contributed by atoms with E-state index in [1.54, 1.807) is 23.6 Å². The lowest BCUT2D eigenvalue weighted by Gasteiger charge is -2.47. The highest BCUT2D eigenvalue weighted by Gasteiger charge is 2.44. The molecule has 2 aliphatic heterocycles. The molecule has 0 bridgehead atoms. The highest BCUT2D eigenvalue weighted by molar-refractivity contribution is 7.16. The minimum Gasteiger partial charge on any atom is -0.369 e. The summed E-state index contributed by atoms with van der Waals surface area (Å²) < 4.78 is 21.0. The van der Waals surface area contributed by atoms with Crippen LogP contribution >= 0.6 is 22.9 Å². The zero-order chi connectivity index (χ0) is 16.7.